The lowest BCUT2D eigenvalue weighted by atomic mass is 10.1. The molecule has 0 fully saturated rings. The van der Waals surface area contributed by atoms with Gasteiger partial charge in [-0.2, -0.15) is 4.68 Å². The van der Waals surface area contributed by atoms with Crippen LogP contribution in [0.1, 0.15) is 63.1 Å². The Morgan fingerprint density at radius 3 is 2.55 bits per heavy atom. The zero-order valence-electron chi connectivity index (χ0n) is 18.7. The third kappa shape index (κ3) is 4.87. The van der Waals surface area contributed by atoms with Gasteiger partial charge in [-0.05, 0) is 31.4 Å². The van der Waals surface area contributed by atoms with Crippen LogP contribution < -0.4 is 15.7 Å². The largest absolute Gasteiger partial charge is 0.488 e. The first-order valence-electron chi connectivity index (χ1n) is 10.4. The number of carbonyl (C=O) groups excluding carboxylic acids is 1. The van der Waals surface area contributed by atoms with E-state index in [9.17, 15) is 9.59 Å². The maximum atomic E-state index is 13.0. The molecule has 9 heteroatoms. The van der Waals surface area contributed by atoms with Gasteiger partial charge in [0.15, 0.2) is 5.75 Å². The van der Waals surface area contributed by atoms with E-state index in [2.05, 4.69) is 29.2 Å². The Morgan fingerprint density at radius 1 is 1.23 bits per heavy atom. The molecule has 1 aromatic carbocycles. The number of oxazole rings is 1. The van der Waals surface area contributed by atoms with Crippen LogP contribution in [0.3, 0.4) is 0 Å². The molecule has 1 atom stereocenters. The van der Waals surface area contributed by atoms with Crippen molar-refractivity contribution in [2.24, 2.45) is 13.0 Å². The van der Waals surface area contributed by atoms with E-state index >= 15 is 0 Å². The molecule has 0 aliphatic carbocycles. The third-order valence-electron chi connectivity index (χ3n) is 4.77. The van der Waals surface area contributed by atoms with E-state index in [0.29, 0.717) is 17.4 Å². The molecule has 9 nitrogen and oxygen atoms in total. The lowest BCUT2D eigenvalue weighted by Gasteiger charge is -2.21. The van der Waals surface area contributed by atoms with E-state index in [1.165, 1.54) is 21.7 Å². The van der Waals surface area contributed by atoms with E-state index in [1.807, 2.05) is 20.8 Å². The van der Waals surface area contributed by atoms with Crippen LogP contribution >= 0.6 is 0 Å². The van der Waals surface area contributed by atoms with Crippen LogP contribution in [0.4, 0.5) is 6.01 Å². The second-order valence-corrected chi connectivity index (χ2v) is 8.27. The lowest BCUT2D eigenvalue weighted by Crippen LogP contribution is -2.25. The summed E-state index contributed by atoms with van der Waals surface area (Å²) in [5, 5.41) is 7.12. The molecule has 2 heterocycles. The van der Waals surface area contributed by atoms with Crippen LogP contribution in [-0.2, 0) is 7.05 Å². The van der Waals surface area contributed by atoms with Gasteiger partial charge in [-0.3, -0.25) is 14.7 Å². The summed E-state index contributed by atoms with van der Waals surface area (Å²) in [6.07, 6.45) is 3.41. The summed E-state index contributed by atoms with van der Waals surface area (Å²) >= 11 is 0. The molecule has 0 saturated carbocycles. The summed E-state index contributed by atoms with van der Waals surface area (Å²) in [6, 6.07) is 5.12. The van der Waals surface area contributed by atoms with Crippen molar-refractivity contribution in [1.29, 1.82) is 0 Å². The summed E-state index contributed by atoms with van der Waals surface area (Å²) < 4.78 is 14.1. The normalized spacial score (nSPS) is 12.4. The molecule has 1 N–H and O–H groups in total. The Balaban J connectivity index is 2.11. The van der Waals surface area contributed by atoms with Crippen LogP contribution in [0.2, 0.25) is 0 Å². The number of benzene rings is 1. The summed E-state index contributed by atoms with van der Waals surface area (Å²) in [7, 11) is 1.68. The molecule has 2 aromatic heterocycles. The van der Waals surface area contributed by atoms with E-state index in [-0.39, 0.29) is 35.0 Å². The van der Waals surface area contributed by atoms with Crippen molar-refractivity contribution in [1.82, 2.24) is 19.3 Å². The SMILES string of the molecule is CC(C)C[C@H](C)Oc1c(C(=O)Nc2ncco2)cccc1-n1nc(C(C)C)n(C)c1=O. The maximum absolute atomic E-state index is 13.0. The van der Waals surface area contributed by atoms with Crippen LogP contribution in [0.15, 0.2) is 39.9 Å². The van der Waals surface area contributed by atoms with Crippen molar-refractivity contribution in [3.05, 3.63) is 52.5 Å². The fourth-order valence-electron chi connectivity index (χ4n) is 3.47. The van der Waals surface area contributed by atoms with Gasteiger partial charge in [-0.15, -0.1) is 5.10 Å². The molecule has 31 heavy (non-hydrogen) atoms. The van der Waals surface area contributed by atoms with Gasteiger partial charge in [0.25, 0.3) is 5.91 Å². The van der Waals surface area contributed by atoms with Gasteiger partial charge < -0.3 is 9.15 Å². The Labute approximate surface area is 181 Å². The van der Waals surface area contributed by atoms with Crippen molar-refractivity contribution < 1.29 is 13.9 Å². The lowest BCUT2D eigenvalue weighted by molar-refractivity contribution is 0.101. The molecule has 1 amide bonds. The number of ether oxygens (including phenoxy) is 1. The molecule has 0 aliphatic rings. The van der Waals surface area contributed by atoms with Crippen molar-refractivity contribution in [3.63, 3.8) is 0 Å². The highest BCUT2D eigenvalue weighted by Crippen LogP contribution is 2.30. The van der Waals surface area contributed by atoms with Crippen molar-refractivity contribution in [2.45, 2.75) is 53.1 Å². The Hall–Kier alpha value is -3.36. The average molecular weight is 428 g/mol. The molecule has 0 unspecified atom stereocenters. The summed E-state index contributed by atoms with van der Waals surface area (Å²) in [5.74, 6) is 0.928. The van der Waals surface area contributed by atoms with E-state index in [1.54, 1.807) is 25.2 Å². The number of amides is 1. The second-order valence-electron chi connectivity index (χ2n) is 8.27. The molecular formula is C22H29N5O4. The minimum absolute atomic E-state index is 0.0553. The molecule has 0 aliphatic heterocycles. The molecule has 3 aromatic rings. The van der Waals surface area contributed by atoms with Crippen molar-refractivity contribution in [3.8, 4) is 11.4 Å². The van der Waals surface area contributed by atoms with Crippen LogP contribution in [0.5, 0.6) is 5.75 Å². The standard InChI is InChI=1S/C22H29N5O4/c1-13(2)12-15(5)31-18-16(20(28)24-21-23-10-11-30-21)8-7-9-17(18)27-22(29)26(6)19(25-27)14(3)4/h7-11,13-15H,12H2,1-6H3,(H,23,24,28)/t15-/m0/s1. The number of hydrogen-bond acceptors (Lipinski definition) is 6. The zero-order valence-corrected chi connectivity index (χ0v) is 18.7. The molecule has 0 spiro atoms. The number of nitrogens with zero attached hydrogens (tertiary/aromatic N) is 4. The molecule has 166 valence electrons. The van der Waals surface area contributed by atoms with E-state index < -0.39 is 5.91 Å². The number of nitrogens with one attached hydrogen (secondary N) is 1. The highest BCUT2D eigenvalue weighted by atomic mass is 16.5. The average Bonchev–Trinajstić information content (AvgIpc) is 3.30. The number of hydrogen-bond donors (Lipinski definition) is 1. The predicted molar refractivity (Wildman–Crippen MR) is 117 cm³/mol. The van der Waals surface area contributed by atoms with Gasteiger partial charge in [0.05, 0.1) is 17.9 Å². The first-order valence-corrected chi connectivity index (χ1v) is 10.4. The smallest absolute Gasteiger partial charge is 0.350 e. The van der Waals surface area contributed by atoms with Gasteiger partial charge in [-0.25, -0.2) is 9.78 Å². The maximum Gasteiger partial charge on any atom is 0.350 e. The Morgan fingerprint density at radius 2 is 1.97 bits per heavy atom. The molecule has 0 saturated heterocycles. The molecule has 3 rings (SSSR count). The number of rotatable bonds is 8. The molecule has 0 bridgehead atoms. The summed E-state index contributed by atoms with van der Waals surface area (Å²) in [5.41, 5.74) is 0.355. The number of anilines is 1. The second kappa shape index (κ2) is 9.20. The minimum atomic E-state index is -0.455. The van der Waals surface area contributed by atoms with E-state index in [0.717, 1.165) is 6.42 Å². The third-order valence-corrected chi connectivity index (χ3v) is 4.77. The first kappa shape index (κ1) is 22.3. The van der Waals surface area contributed by atoms with Crippen LogP contribution in [0.25, 0.3) is 5.69 Å². The number of aromatic nitrogens is 4. The van der Waals surface area contributed by atoms with E-state index in [4.69, 9.17) is 9.15 Å². The fourth-order valence-corrected chi connectivity index (χ4v) is 3.47. The number of carbonyl (C=O) groups is 1. The highest BCUT2D eigenvalue weighted by molar-refractivity contribution is 6.05. The summed E-state index contributed by atoms with van der Waals surface area (Å²) in [6.45, 7) is 10.1. The van der Waals surface area contributed by atoms with Gasteiger partial charge >= 0.3 is 11.7 Å². The van der Waals surface area contributed by atoms with Gasteiger partial charge in [0.2, 0.25) is 0 Å². The van der Waals surface area contributed by atoms with Crippen LogP contribution in [0, 0.1) is 5.92 Å². The van der Waals surface area contributed by atoms with Crippen LogP contribution in [-0.4, -0.2) is 31.3 Å². The Bertz CT molecular complexity index is 1100. The minimum Gasteiger partial charge on any atom is -0.488 e. The molecule has 0 radical (unpaired) electrons. The van der Waals surface area contributed by atoms with Crippen molar-refractivity contribution >= 4 is 11.9 Å². The number of para-hydroxylation sites is 1. The van der Waals surface area contributed by atoms with Gasteiger partial charge in [0, 0.05) is 13.0 Å². The summed E-state index contributed by atoms with van der Waals surface area (Å²) in [4.78, 5) is 29.8. The monoisotopic (exact) mass is 427 g/mol. The fraction of sp³-hybridized carbons (Fsp3) is 0.455. The van der Waals surface area contributed by atoms with Crippen molar-refractivity contribution in [2.75, 3.05) is 5.32 Å². The Kier molecular flexibility index (Phi) is 6.62. The first-order chi connectivity index (χ1) is 14.7. The van der Waals surface area contributed by atoms with Gasteiger partial charge in [-0.1, -0.05) is 33.8 Å². The van der Waals surface area contributed by atoms with Gasteiger partial charge in [0.1, 0.15) is 17.8 Å². The quantitative estimate of drug-likeness (QED) is 0.587. The molecular weight excluding hydrogens is 398 g/mol. The highest BCUT2D eigenvalue weighted by Gasteiger charge is 2.24. The zero-order chi connectivity index (χ0) is 22.7. The topological polar surface area (TPSA) is 104 Å². The predicted octanol–water partition coefficient (Wildman–Crippen LogP) is 3.75.